The number of fused-ring (bicyclic) bond motifs is 1. The number of nitrogens with zero attached hydrogens (tertiary/aromatic N) is 3. The van der Waals surface area contributed by atoms with Gasteiger partial charge in [-0.15, -0.1) is 0 Å². The summed E-state index contributed by atoms with van der Waals surface area (Å²) in [5.41, 5.74) is 3.05. The van der Waals surface area contributed by atoms with Crippen LogP contribution in [0.4, 0.5) is 10.5 Å². The molecule has 0 bridgehead atoms. The molecule has 188 valence electrons. The number of hydrogen-bond donors (Lipinski definition) is 1. The summed E-state index contributed by atoms with van der Waals surface area (Å²) >= 11 is 0. The van der Waals surface area contributed by atoms with Crippen molar-refractivity contribution >= 4 is 29.2 Å². The molecule has 5 rings (SSSR count). The van der Waals surface area contributed by atoms with Gasteiger partial charge in [-0.2, -0.15) is 0 Å². The second-order valence-corrected chi connectivity index (χ2v) is 9.19. The Balaban J connectivity index is 1.47. The quantitative estimate of drug-likeness (QED) is 0.526. The molecule has 2 amide bonds. The van der Waals surface area contributed by atoms with Gasteiger partial charge in [-0.25, -0.2) is 9.79 Å². The van der Waals surface area contributed by atoms with E-state index >= 15 is 0 Å². The standard InChI is InChI=1S/C29H28N4O4/c34-25(21-12-4-5-13-21)18-33-24-16-7-6-14-22(24)26(23-15-8-9-17-30-23)31-27(28(33)35)32-29(36)37-19-20-10-2-1-3-11-20/h1-3,6-11,14-17,21,27H,4-5,12-13,18-19H2,(H,32,36). The monoisotopic (exact) mass is 496 g/mol. The average molecular weight is 497 g/mol. The molecular weight excluding hydrogens is 468 g/mol. The van der Waals surface area contributed by atoms with E-state index < -0.39 is 18.2 Å². The highest BCUT2D eigenvalue weighted by atomic mass is 16.5. The van der Waals surface area contributed by atoms with Crippen LogP contribution < -0.4 is 10.2 Å². The lowest BCUT2D eigenvalue weighted by Gasteiger charge is -2.26. The molecule has 1 aliphatic heterocycles. The van der Waals surface area contributed by atoms with Gasteiger partial charge in [0.15, 0.2) is 5.78 Å². The highest BCUT2D eigenvalue weighted by Gasteiger charge is 2.36. The van der Waals surface area contributed by atoms with E-state index in [-0.39, 0.29) is 24.9 Å². The summed E-state index contributed by atoms with van der Waals surface area (Å²) < 4.78 is 5.36. The van der Waals surface area contributed by atoms with E-state index in [2.05, 4.69) is 15.3 Å². The fraction of sp³-hybridized carbons (Fsp3) is 0.276. The zero-order chi connectivity index (χ0) is 25.6. The number of ketones is 1. The van der Waals surface area contributed by atoms with Crippen LogP contribution in [-0.4, -0.2) is 41.2 Å². The highest BCUT2D eigenvalue weighted by Crippen LogP contribution is 2.30. The number of nitrogens with one attached hydrogen (secondary N) is 1. The van der Waals surface area contributed by atoms with Crippen molar-refractivity contribution in [2.24, 2.45) is 10.9 Å². The highest BCUT2D eigenvalue weighted by molar-refractivity contribution is 6.20. The fourth-order valence-corrected chi connectivity index (χ4v) is 4.80. The summed E-state index contributed by atoms with van der Waals surface area (Å²) in [6.45, 7) is -0.0305. The van der Waals surface area contributed by atoms with Gasteiger partial charge in [0.1, 0.15) is 6.61 Å². The van der Waals surface area contributed by atoms with Gasteiger partial charge in [0.05, 0.1) is 23.6 Å². The molecule has 1 unspecified atom stereocenters. The van der Waals surface area contributed by atoms with Crippen LogP contribution in [0.1, 0.15) is 42.5 Å². The molecular formula is C29H28N4O4. The molecule has 8 heteroatoms. The Hall–Kier alpha value is -4.33. The van der Waals surface area contributed by atoms with Crippen molar-refractivity contribution in [1.29, 1.82) is 0 Å². The minimum absolute atomic E-state index is 0.0207. The number of Topliss-reactive ketones (excluding diaryl/α,β-unsaturated/α-hetero) is 1. The van der Waals surface area contributed by atoms with Crippen molar-refractivity contribution < 1.29 is 19.1 Å². The third-order valence-corrected chi connectivity index (χ3v) is 6.71. The third kappa shape index (κ3) is 5.58. The maximum atomic E-state index is 13.8. The van der Waals surface area contributed by atoms with Crippen LogP contribution in [-0.2, 0) is 20.9 Å². The molecule has 37 heavy (non-hydrogen) atoms. The van der Waals surface area contributed by atoms with Gasteiger partial charge in [-0.05, 0) is 36.6 Å². The van der Waals surface area contributed by atoms with Crippen molar-refractivity contribution in [2.45, 2.75) is 38.5 Å². The smallest absolute Gasteiger partial charge is 0.409 e. The normalized spacial score (nSPS) is 17.5. The molecule has 0 saturated heterocycles. The molecule has 2 aliphatic rings. The largest absolute Gasteiger partial charge is 0.445 e. The number of benzene rings is 2. The molecule has 1 aromatic heterocycles. The molecule has 1 atom stereocenters. The molecule has 1 N–H and O–H groups in total. The van der Waals surface area contributed by atoms with Crippen molar-refractivity contribution in [3.63, 3.8) is 0 Å². The summed E-state index contributed by atoms with van der Waals surface area (Å²) in [5.74, 6) is -0.532. The van der Waals surface area contributed by atoms with Crippen molar-refractivity contribution in [3.8, 4) is 0 Å². The van der Waals surface area contributed by atoms with Crippen LogP contribution in [0.2, 0.25) is 0 Å². The number of carbonyl (C=O) groups is 3. The van der Waals surface area contributed by atoms with Crippen LogP contribution in [0.5, 0.6) is 0 Å². The van der Waals surface area contributed by atoms with Crippen molar-refractivity contribution in [3.05, 3.63) is 95.8 Å². The Labute approximate surface area is 215 Å². The molecule has 3 aromatic rings. The Morgan fingerprint density at radius 3 is 2.43 bits per heavy atom. The third-order valence-electron chi connectivity index (χ3n) is 6.71. The Kier molecular flexibility index (Phi) is 7.35. The van der Waals surface area contributed by atoms with E-state index in [1.165, 1.54) is 4.90 Å². The maximum absolute atomic E-state index is 13.8. The number of benzodiazepines with no additional fused rings is 1. The zero-order valence-electron chi connectivity index (χ0n) is 20.4. The molecule has 0 radical (unpaired) electrons. The Morgan fingerprint density at radius 1 is 0.946 bits per heavy atom. The van der Waals surface area contributed by atoms with Crippen LogP contribution >= 0.6 is 0 Å². The van der Waals surface area contributed by atoms with E-state index in [9.17, 15) is 14.4 Å². The lowest BCUT2D eigenvalue weighted by atomic mass is 10.0. The van der Waals surface area contributed by atoms with Gasteiger partial charge in [-0.3, -0.25) is 19.9 Å². The SMILES string of the molecule is O=C(NC1N=C(c2ccccn2)c2ccccc2N(CC(=O)C2CCCC2)C1=O)OCc1ccccc1. The molecule has 2 heterocycles. The van der Waals surface area contributed by atoms with Gasteiger partial charge >= 0.3 is 6.09 Å². The lowest BCUT2D eigenvalue weighted by Crippen LogP contribution is -2.49. The predicted molar refractivity (Wildman–Crippen MR) is 139 cm³/mol. The lowest BCUT2D eigenvalue weighted by molar-refractivity contribution is -0.125. The van der Waals surface area contributed by atoms with Crippen LogP contribution in [0.3, 0.4) is 0 Å². The van der Waals surface area contributed by atoms with Crippen molar-refractivity contribution in [1.82, 2.24) is 10.3 Å². The molecule has 8 nitrogen and oxygen atoms in total. The number of aromatic nitrogens is 1. The number of rotatable bonds is 7. The Morgan fingerprint density at radius 2 is 1.68 bits per heavy atom. The number of para-hydroxylation sites is 1. The predicted octanol–water partition coefficient (Wildman–Crippen LogP) is 4.28. The summed E-state index contributed by atoms with van der Waals surface area (Å²) in [7, 11) is 0. The second-order valence-electron chi connectivity index (χ2n) is 9.19. The minimum Gasteiger partial charge on any atom is -0.445 e. The van der Waals surface area contributed by atoms with E-state index in [0.717, 1.165) is 31.2 Å². The zero-order valence-corrected chi connectivity index (χ0v) is 20.4. The fourth-order valence-electron chi connectivity index (χ4n) is 4.80. The number of alkyl carbamates (subject to hydrolysis) is 1. The molecule has 2 aromatic carbocycles. The van der Waals surface area contributed by atoms with Gasteiger partial charge < -0.3 is 9.64 Å². The molecule has 0 spiro atoms. The van der Waals surface area contributed by atoms with Gasteiger partial charge in [0.2, 0.25) is 6.17 Å². The first-order valence-electron chi connectivity index (χ1n) is 12.5. The average Bonchev–Trinajstić information content (AvgIpc) is 3.46. The topological polar surface area (TPSA) is 101 Å². The molecule has 1 aliphatic carbocycles. The number of amides is 2. The number of ether oxygens (including phenoxy) is 1. The summed E-state index contributed by atoms with van der Waals surface area (Å²) in [5, 5.41) is 2.61. The van der Waals surface area contributed by atoms with E-state index in [1.807, 2.05) is 54.6 Å². The molecule has 1 saturated carbocycles. The van der Waals surface area contributed by atoms with E-state index in [1.54, 1.807) is 24.4 Å². The Bertz CT molecular complexity index is 1300. The number of carbonyl (C=O) groups excluding carboxylic acids is 3. The molecule has 1 fully saturated rings. The second kappa shape index (κ2) is 11.2. The number of hydrogen-bond acceptors (Lipinski definition) is 6. The number of aliphatic imine (C=N–C) groups is 1. The number of pyridine rings is 1. The minimum atomic E-state index is -1.29. The summed E-state index contributed by atoms with van der Waals surface area (Å²) in [4.78, 5) is 50.3. The number of anilines is 1. The van der Waals surface area contributed by atoms with Crippen LogP contribution in [0.15, 0.2) is 84.0 Å². The van der Waals surface area contributed by atoms with E-state index in [4.69, 9.17) is 4.74 Å². The van der Waals surface area contributed by atoms with Crippen LogP contribution in [0.25, 0.3) is 0 Å². The summed E-state index contributed by atoms with van der Waals surface area (Å²) in [6, 6.07) is 22.0. The van der Waals surface area contributed by atoms with Crippen molar-refractivity contribution in [2.75, 3.05) is 11.4 Å². The van der Waals surface area contributed by atoms with Gasteiger partial charge in [0, 0.05) is 17.7 Å². The van der Waals surface area contributed by atoms with Gasteiger partial charge in [-0.1, -0.05) is 67.4 Å². The summed E-state index contributed by atoms with van der Waals surface area (Å²) in [6.07, 6.45) is 3.29. The van der Waals surface area contributed by atoms with Gasteiger partial charge in [0.25, 0.3) is 5.91 Å². The van der Waals surface area contributed by atoms with E-state index in [0.29, 0.717) is 22.7 Å². The first kappa shape index (κ1) is 24.4. The first-order valence-corrected chi connectivity index (χ1v) is 12.5. The van der Waals surface area contributed by atoms with Crippen LogP contribution in [0, 0.1) is 5.92 Å². The maximum Gasteiger partial charge on any atom is 0.409 e. The first-order chi connectivity index (χ1) is 18.1.